The van der Waals surface area contributed by atoms with Crippen molar-refractivity contribution in [2.45, 2.75) is 47.8 Å². The molecule has 0 aromatic heterocycles. The number of sulfone groups is 1. The monoisotopic (exact) mass is 356 g/mol. The highest BCUT2D eigenvalue weighted by Crippen LogP contribution is 2.42. The van der Waals surface area contributed by atoms with Crippen LogP contribution in [0.15, 0.2) is 29.2 Å². The molecule has 1 heterocycles. The van der Waals surface area contributed by atoms with Gasteiger partial charge >= 0.3 is 0 Å². The first-order valence-corrected chi connectivity index (χ1v) is 9.78. The molecule has 23 heavy (non-hydrogen) atoms. The van der Waals surface area contributed by atoms with Gasteiger partial charge in [-0.2, -0.15) is 0 Å². The van der Waals surface area contributed by atoms with Crippen LogP contribution in [0.2, 0.25) is 5.02 Å². The number of benzene rings is 1. The van der Waals surface area contributed by atoms with Crippen LogP contribution in [0.1, 0.15) is 32.1 Å². The second-order valence-corrected chi connectivity index (χ2v) is 9.15. The maximum absolute atomic E-state index is 13.2. The molecule has 0 unspecified atom stereocenters. The molecule has 1 atom stereocenters. The van der Waals surface area contributed by atoms with E-state index in [2.05, 4.69) is 0 Å². The van der Waals surface area contributed by atoms with Crippen LogP contribution in [-0.2, 0) is 14.6 Å². The van der Waals surface area contributed by atoms with Crippen molar-refractivity contribution in [2.75, 3.05) is 13.1 Å². The lowest BCUT2D eigenvalue weighted by Crippen LogP contribution is -2.52. The van der Waals surface area contributed by atoms with Gasteiger partial charge < -0.3 is 10.6 Å². The number of halogens is 1. The Bertz CT molecular complexity index is 697. The van der Waals surface area contributed by atoms with Gasteiger partial charge in [0.25, 0.3) is 0 Å². The number of rotatable bonds is 3. The molecule has 5 nitrogen and oxygen atoms in total. The van der Waals surface area contributed by atoms with Crippen molar-refractivity contribution in [3.8, 4) is 0 Å². The molecule has 0 spiro atoms. The van der Waals surface area contributed by atoms with Gasteiger partial charge in [-0.1, -0.05) is 24.4 Å². The molecule has 1 aliphatic heterocycles. The Hall–Kier alpha value is -1.11. The van der Waals surface area contributed by atoms with Gasteiger partial charge in [-0.05, 0) is 43.5 Å². The van der Waals surface area contributed by atoms with Crippen LogP contribution in [0.5, 0.6) is 0 Å². The van der Waals surface area contributed by atoms with Gasteiger partial charge in [-0.3, -0.25) is 4.79 Å². The van der Waals surface area contributed by atoms with Gasteiger partial charge in [-0.25, -0.2) is 8.42 Å². The molecule has 2 fully saturated rings. The molecule has 1 aromatic rings. The highest BCUT2D eigenvalue weighted by atomic mass is 35.5. The fourth-order valence-electron chi connectivity index (χ4n) is 3.64. The first kappa shape index (κ1) is 16.7. The number of likely N-dealkylation sites (tertiary alicyclic amines) is 1. The van der Waals surface area contributed by atoms with Crippen molar-refractivity contribution in [2.24, 2.45) is 5.73 Å². The Morgan fingerprint density at radius 2 is 1.83 bits per heavy atom. The van der Waals surface area contributed by atoms with Gasteiger partial charge in [0.15, 0.2) is 14.6 Å². The van der Waals surface area contributed by atoms with E-state index in [4.69, 9.17) is 17.3 Å². The Balaban J connectivity index is 2.00. The molecular formula is C16H21ClN2O3S. The van der Waals surface area contributed by atoms with Crippen LogP contribution in [-0.4, -0.2) is 43.1 Å². The first-order valence-electron chi connectivity index (χ1n) is 7.92. The second kappa shape index (κ2) is 6.07. The van der Waals surface area contributed by atoms with E-state index in [0.29, 0.717) is 31.0 Å². The zero-order valence-electron chi connectivity index (χ0n) is 12.9. The summed E-state index contributed by atoms with van der Waals surface area (Å²) in [5.74, 6) is -0.280. The van der Waals surface area contributed by atoms with Gasteiger partial charge in [0.05, 0.1) is 4.90 Å². The summed E-state index contributed by atoms with van der Waals surface area (Å²) in [6, 6.07) is 6.01. The molecule has 1 amide bonds. The van der Waals surface area contributed by atoms with Crippen LogP contribution in [0.4, 0.5) is 0 Å². The fourth-order valence-corrected chi connectivity index (χ4v) is 5.90. The molecule has 126 valence electrons. The summed E-state index contributed by atoms with van der Waals surface area (Å²) in [5, 5.41) is 0.473. The maximum Gasteiger partial charge on any atom is 0.244 e. The van der Waals surface area contributed by atoms with E-state index >= 15 is 0 Å². The van der Waals surface area contributed by atoms with E-state index in [-0.39, 0.29) is 16.8 Å². The summed E-state index contributed by atoms with van der Waals surface area (Å²) >= 11 is 5.85. The molecule has 0 bridgehead atoms. The number of nitrogens with two attached hydrogens (primary N) is 1. The van der Waals surface area contributed by atoms with Crippen molar-refractivity contribution in [3.63, 3.8) is 0 Å². The summed E-state index contributed by atoms with van der Waals surface area (Å²) < 4.78 is 25.1. The number of hydrogen-bond acceptors (Lipinski definition) is 4. The van der Waals surface area contributed by atoms with E-state index in [9.17, 15) is 13.2 Å². The Kier molecular flexibility index (Phi) is 4.42. The summed E-state index contributed by atoms with van der Waals surface area (Å²) in [4.78, 5) is 14.9. The summed E-state index contributed by atoms with van der Waals surface area (Å²) in [6.45, 7) is 0.981. The quantitative estimate of drug-likeness (QED) is 0.898. The predicted molar refractivity (Wildman–Crippen MR) is 89.0 cm³/mol. The van der Waals surface area contributed by atoms with Crippen LogP contribution in [0.25, 0.3) is 0 Å². The van der Waals surface area contributed by atoms with Crippen LogP contribution in [0, 0.1) is 0 Å². The molecule has 2 aliphatic rings. The minimum absolute atomic E-state index is 0.0596. The third kappa shape index (κ3) is 2.77. The third-order valence-corrected chi connectivity index (χ3v) is 7.71. The number of amides is 1. The van der Waals surface area contributed by atoms with E-state index in [0.717, 1.165) is 19.3 Å². The maximum atomic E-state index is 13.2. The standard InChI is InChI=1S/C16H21ClN2O3S/c17-12-3-5-14(6-4-12)23(21,22)16(8-1-2-9-16)15(20)19-10-7-13(18)11-19/h3-6,13H,1-2,7-11,18H2/t13-/m1/s1. The molecular weight excluding hydrogens is 336 g/mol. The van der Waals surface area contributed by atoms with E-state index in [1.807, 2.05) is 0 Å². The van der Waals surface area contributed by atoms with E-state index in [1.165, 1.54) is 12.1 Å². The number of nitrogens with zero attached hydrogens (tertiary/aromatic N) is 1. The minimum Gasteiger partial charge on any atom is -0.340 e. The van der Waals surface area contributed by atoms with Crippen molar-refractivity contribution in [3.05, 3.63) is 29.3 Å². The highest BCUT2D eigenvalue weighted by Gasteiger charge is 2.54. The zero-order valence-corrected chi connectivity index (χ0v) is 14.4. The Morgan fingerprint density at radius 3 is 2.35 bits per heavy atom. The highest BCUT2D eigenvalue weighted by molar-refractivity contribution is 7.93. The number of carbonyl (C=O) groups is 1. The summed E-state index contributed by atoms with van der Waals surface area (Å²) in [5.41, 5.74) is 5.88. The largest absolute Gasteiger partial charge is 0.340 e. The van der Waals surface area contributed by atoms with Crippen LogP contribution in [0.3, 0.4) is 0 Å². The minimum atomic E-state index is -3.76. The fraction of sp³-hybridized carbons (Fsp3) is 0.562. The molecule has 1 aromatic carbocycles. The van der Waals surface area contributed by atoms with E-state index < -0.39 is 14.6 Å². The zero-order chi connectivity index (χ0) is 16.7. The Morgan fingerprint density at radius 1 is 1.22 bits per heavy atom. The molecule has 1 saturated heterocycles. The summed E-state index contributed by atoms with van der Waals surface area (Å²) in [6.07, 6.45) is 2.98. The van der Waals surface area contributed by atoms with E-state index in [1.54, 1.807) is 17.0 Å². The van der Waals surface area contributed by atoms with Crippen molar-refractivity contribution >= 4 is 27.3 Å². The average molecular weight is 357 g/mol. The topological polar surface area (TPSA) is 80.5 Å². The smallest absolute Gasteiger partial charge is 0.244 e. The number of carbonyl (C=O) groups excluding carboxylic acids is 1. The average Bonchev–Trinajstić information content (AvgIpc) is 3.17. The normalized spacial score (nSPS) is 24.1. The first-order chi connectivity index (χ1) is 10.9. The molecule has 1 aliphatic carbocycles. The molecule has 7 heteroatoms. The molecule has 0 radical (unpaired) electrons. The summed E-state index contributed by atoms with van der Waals surface area (Å²) in [7, 11) is -3.76. The predicted octanol–water partition coefficient (Wildman–Crippen LogP) is 1.99. The van der Waals surface area contributed by atoms with Crippen molar-refractivity contribution in [1.82, 2.24) is 4.90 Å². The van der Waals surface area contributed by atoms with Gasteiger partial charge in [-0.15, -0.1) is 0 Å². The lowest BCUT2D eigenvalue weighted by Gasteiger charge is -2.32. The lowest BCUT2D eigenvalue weighted by molar-refractivity contribution is -0.132. The second-order valence-electron chi connectivity index (χ2n) is 6.46. The van der Waals surface area contributed by atoms with Crippen molar-refractivity contribution < 1.29 is 13.2 Å². The van der Waals surface area contributed by atoms with Gasteiger partial charge in [0.2, 0.25) is 5.91 Å². The molecule has 1 saturated carbocycles. The Labute approximate surface area is 141 Å². The SMILES string of the molecule is N[C@@H]1CCN(C(=O)C2(S(=O)(=O)c3ccc(Cl)cc3)CCCC2)C1. The molecule has 3 rings (SSSR count). The van der Waals surface area contributed by atoms with Crippen molar-refractivity contribution in [1.29, 1.82) is 0 Å². The van der Waals surface area contributed by atoms with Crippen LogP contribution < -0.4 is 5.73 Å². The van der Waals surface area contributed by atoms with Gasteiger partial charge in [0, 0.05) is 24.2 Å². The molecule has 2 N–H and O–H groups in total. The van der Waals surface area contributed by atoms with Crippen LogP contribution >= 0.6 is 11.6 Å². The third-order valence-electron chi connectivity index (χ3n) is 4.95. The lowest BCUT2D eigenvalue weighted by atomic mass is 10.1. The number of hydrogen-bond donors (Lipinski definition) is 1. The van der Waals surface area contributed by atoms with Gasteiger partial charge in [0.1, 0.15) is 0 Å².